The Balaban J connectivity index is 1.98. The monoisotopic (exact) mass is 423 g/mol. The quantitative estimate of drug-likeness (QED) is 0.456. The molecule has 0 aliphatic carbocycles. The Morgan fingerprint density at radius 3 is 2.74 bits per heavy atom. The second-order valence-electron chi connectivity index (χ2n) is 6.70. The van der Waals surface area contributed by atoms with E-state index < -0.39 is 6.43 Å². The van der Waals surface area contributed by atoms with E-state index in [9.17, 15) is 13.6 Å². The van der Waals surface area contributed by atoms with Gasteiger partial charge in [-0.15, -0.1) is 0 Å². The predicted molar refractivity (Wildman–Crippen MR) is 113 cm³/mol. The number of amides is 1. The number of rotatable bonds is 6. The molecule has 0 saturated heterocycles. The number of anilines is 1. The molecular weight excluding hydrogens is 404 g/mol. The van der Waals surface area contributed by atoms with Crippen LogP contribution in [-0.2, 0) is 4.79 Å². The summed E-state index contributed by atoms with van der Waals surface area (Å²) in [6.45, 7) is 3.71. The SMILES string of the molecule is CCOc1ccnc2c(-c3cccc(C(F)F)n3)c(-c3ccnc(NC(C)=O)c3)[nH]c12. The van der Waals surface area contributed by atoms with Gasteiger partial charge in [0.2, 0.25) is 5.91 Å². The number of hydrogen-bond acceptors (Lipinski definition) is 5. The lowest BCUT2D eigenvalue weighted by molar-refractivity contribution is -0.114. The van der Waals surface area contributed by atoms with Crippen molar-refractivity contribution in [2.75, 3.05) is 11.9 Å². The van der Waals surface area contributed by atoms with Crippen molar-refractivity contribution in [1.29, 1.82) is 0 Å². The van der Waals surface area contributed by atoms with Crippen molar-refractivity contribution in [3.05, 3.63) is 54.5 Å². The number of nitrogens with one attached hydrogen (secondary N) is 2. The van der Waals surface area contributed by atoms with Crippen LogP contribution in [0.15, 0.2) is 48.8 Å². The van der Waals surface area contributed by atoms with Gasteiger partial charge in [0.05, 0.1) is 23.6 Å². The Morgan fingerprint density at radius 1 is 1.19 bits per heavy atom. The van der Waals surface area contributed by atoms with Crippen LogP contribution >= 0.6 is 0 Å². The van der Waals surface area contributed by atoms with Crippen LogP contribution in [0.5, 0.6) is 5.75 Å². The molecule has 4 aromatic heterocycles. The molecule has 1 amide bonds. The summed E-state index contributed by atoms with van der Waals surface area (Å²) in [5.41, 5.74) is 3.01. The second-order valence-corrected chi connectivity index (χ2v) is 6.70. The van der Waals surface area contributed by atoms with Crippen molar-refractivity contribution >= 4 is 22.8 Å². The van der Waals surface area contributed by atoms with E-state index in [2.05, 4.69) is 25.3 Å². The number of H-pyrrole nitrogens is 1. The lowest BCUT2D eigenvalue weighted by atomic mass is 10.0. The number of pyridine rings is 3. The Morgan fingerprint density at radius 2 is 2.00 bits per heavy atom. The number of hydrogen-bond donors (Lipinski definition) is 2. The standard InChI is InChI=1S/C22H19F2N5O2/c1-3-31-16-8-10-26-21-18(14-5-4-6-15(28-14)22(23)24)19(29-20(16)21)13-7-9-25-17(11-13)27-12(2)30/h4-11,22,29H,3H2,1-2H3,(H,25,27,30). The van der Waals surface area contributed by atoms with Crippen molar-refractivity contribution in [1.82, 2.24) is 19.9 Å². The molecule has 158 valence electrons. The average molecular weight is 423 g/mol. The molecule has 0 aromatic carbocycles. The third kappa shape index (κ3) is 4.07. The molecule has 4 aromatic rings. The fourth-order valence-corrected chi connectivity index (χ4v) is 3.35. The zero-order valence-corrected chi connectivity index (χ0v) is 16.8. The molecular formula is C22H19F2N5O2. The minimum atomic E-state index is -2.70. The second kappa shape index (κ2) is 8.47. The van der Waals surface area contributed by atoms with Crippen molar-refractivity contribution in [3.8, 4) is 28.3 Å². The van der Waals surface area contributed by atoms with Crippen molar-refractivity contribution < 1.29 is 18.3 Å². The lowest BCUT2D eigenvalue weighted by Crippen LogP contribution is -2.07. The van der Waals surface area contributed by atoms with Crippen LogP contribution in [0, 0.1) is 0 Å². The van der Waals surface area contributed by atoms with Crippen LogP contribution in [-0.4, -0.2) is 32.4 Å². The molecule has 0 spiro atoms. The van der Waals surface area contributed by atoms with Gasteiger partial charge in [-0.05, 0) is 31.2 Å². The summed E-state index contributed by atoms with van der Waals surface area (Å²) in [6, 6.07) is 9.64. The summed E-state index contributed by atoms with van der Waals surface area (Å²) in [5.74, 6) is 0.691. The summed E-state index contributed by atoms with van der Waals surface area (Å²) in [6.07, 6.45) is 0.448. The van der Waals surface area contributed by atoms with E-state index in [0.29, 0.717) is 51.7 Å². The van der Waals surface area contributed by atoms with E-state index in [1.165, 1.54) is 19.1 Å². The third-order valence-electron chi connectivity index (χ3n) is 4.55. The molecule has 9 heteroatoms. The molecule has 0 saturated carbocycles. The number of aromatic nitrogens is 4. The van der Waals surface area contributed by atoms with Crippen LogP contribution in [0.1, 0.15) is 26.0 Å². The van der Waals surface area contributed by atoms with Gasteiger partial charge in [0.1, 0.15) is 28.3 Å². The number of nitrogens with zero attached hydrogens (tertiary/aromatic N) is 3. The maximum atomic E-state index is 13.3. The number of ether oxygens (including phenoxy) is 1. The smallest absolute Gasteiger partial charge is 0.280 e. The molecule has 7 nitrogen and oxygen atoms in total. The molecule has 4 heterocycles. The van der Waals surface area contributed by atoms with E-state index in [-0.39, 0.29) is 11.6 Å². The predicted octanol–water partition coefficient (Wildman–Crippen LogP) is 4.98. The molecule has 0 aliphatic rings. The molecule has 0 radical (unpaired) electrons. The van der Waals surface area contributed by atoms with Crippen molar-refractivity contribution in [2.24, 2.45) is 0 Å². The fourth-order valence-electron chi connectivity index (χ4n) is 3.35. The van der Waals surface area contributed by atoms with Gasteiger partial charge >= 0.3 is 0 Å². The molecule has 2 N–H and O–H groups in total. The first-order valence-electron chi connectivity index (χ1n) is 9.61. The highest BCUT2D eigenvalue weighted by Crippen LogP contribution is 2.40. The van der Waals surface area contributed by atoms with Gasteiger partial charge < -0.3 is 15.0 Å². The van der Waals surface area contributed by atoms with Gasteiger partial charge in [-0.25, -0.2) is 18.7 Å². The number of aromatic amines is 1. The maximum absolute atomic E-state index is 13.3. The van der Waals surface area contributed by atoms with Gasteiger partial charge in [0.25, 0.3) is 6.43 Å². The van der Waals surface area contributed by atoms with Crippen LogP contribution in [0.4, 0.5) is 14.6 Å². The molecule has 31 heavy (non-hydrogen) atoms. The molecule has 0 bridgehead atoms. The highest BCUT2D eigenvalue weighted by molar-refractivity contribution is 6.03. The Bertz CT molecular complexity index is 1260. The van der Waals surface area contributed by atoms with Gasteiger partial charge in [0, 0.05) is 30.9 Å². The largest absolute Gasteiger partial charge is 0.492 e. The Hall–Kier alpha value is -3.88. The molecule has 0 fully saturated rings. The Kier molecular flexibility index (Phi) is 5.57. The first-order chi connectivity index (χ1) is 15.0. The summed E-state index contributed by atoms with van der Waals surface area (Å²) >= 11 is 0. The van der Waals surface area contributed by atoms with E-state index in [1.54, 1.807) is 36.7 Å². The van der Waals surface area contributed by atoms with Crippen LogP contribution in [0.25, 0.3) is 33.5 Å². The summed E-state index contributed by atoms with van der Waals surface area (Å²) in [4.78, 5) is 27.5. The molecule has 4 rings (SSSR count). The number of fused-ring (bicyclic) bond motifs is 1. The first-order valence-corrected chi connectivity index (χ1v) is 9.61. The highest BCUT2D eigenvalue weighted by atomic mass is 19.3. The van der Waals surface area contributed by atoms with E-state index in [1.807, 2.05) is 6.92 Å². The van der Waals surface area contributed by atoms with Gasteiger partial charge in [-0.2, -0.15) is 0 Å². The zero-order valence-electron chi connectivity index (χ0n) is 16.8. The minimum absolute atomic E-state index is 0.256. The van der Waals surface area contributed by atoms with Crippen LogP contribution in [0.2, 0.25) is 0 Å². The number of carbonyl (C=O) groups excluding carboxylic acids is 1. The summed E-state index contributed by atoms with van der Waals surface area (Å²) in [7, 11) is 0. The number of alkyl halides is 2. The minimum Gasteiger partial charge on any atom is -0.492 e. The van der Waals surface area contributed by atoms with Gasteiger partial charge in [-0.1, -0.05) is 6.07 Å². The molecule has 0 unspecified atom stereocenters. The maximum Gasteiger partial charge on any atom is 0.280 e. The summed E-state index contributed by atoms with van der Waals surface area (Å²) < 4.78 is 32.3. The normalized spacial score (nSPS) is 11.1. The fraction of sp³-hybridized carbons (Fsp3) is 0.182. The average Bonchev–Trinajstić information content (AvgIpc) is 3.14. The Labute approximate surface area is 176 Å². The number of carbonyl (C=O) groups is 1. The van der Waals surface area contributed by atoms with Crippen LogP contribution < -0.4 is 10.1 Å². The zero-order chi connectivity index (χ0) is 22.0. The third-order valence-corrected chi connectivity index (χ3v) is 4.55. The summed E-state index contributed by atoms with van der Waals surface area (Å²) in [5, 5.41) is 2.64. The molecule has 0 atom stereocenters. The first kappa shape index (κ1) is 20.4. The lowest BCUT2D eigenvalue weighted by Gasteiger charge is -2.08. The van der Waals surface area contributed by atoms with E-state index in [0.717, 1.165) is 0 Å². The van der Waals surface area contributed by atoms with Crippen molar-refractivity contribution in [2.45, 2.75) is 20.3 Å². The highest BCUT2D eigenvalue weighted by Gasteiger charge is 2.21. The van der Waals surface area contributed by atoms with Gasteiger partial charge in [0.15, 0.2) is 0 Å². The number of halogens is 2. The van der Waals surface area contributed by atoms with Crippen molar-refractivity contribution in [3.63, 3.8) is 0 Å². The topological polar surface area (TPSA) is 92.8 Å². The van der Waals surface area contributed by atoms with E-state index in [4.69, 9.17) is 4.74 Å². The van der Waals surface area contributed by atoms with Crippen LogP contribution in [0.3, 0.4) is 0 Å². The van der Waals surface area contributed by atoms with Gasteiger partial charge in [-0.3, -0.25) is 9.78 Å². The molecule has 0 aliphatic heterocycles. The van der Waals surface area contributed by atoms with E-state index >= 15 is 0 Å².